The molecule has 0 bridgehead atoms. The van der Waals surface area contributed by atoms with Gasteiger partial charge < -0.3 is 10.5 Å². The van der Waals surface area contributed by atoms with E-state index in [-0.39, 0.29) is 0 Å². The highest BCUT2D eigenvalue weighted by molar-refractivity contribution is 5.36. The second-order valence-electron chi connectivity index (χ2n) is 2.56. The van der Waals surface area contributed by atoms with E-state index >= 15 is 0 Å². The highest BCUT2D eigenvalue weighted by atomic mass is 16.5. The third-order valence-electron chi connectivity index (χ3n) is 1.78. The van der Waals surface area contributed by atoms with Gasteiger partial charge in [-0.2, -0.15) is 0 Å². The molecule has 1 aliphatic rings. The molecule has 4 nitrogen and oxygen atoms in total. The van der Waals surface area contributed by atoms with Gasteiger partial charge in [-0.3, -0.25) is 4.98 Å². The van der Waals surface area contributed by atoms with Crippen LogP contribution in [0, 0.1) is 0 Å². The molecule has 0 spiro atoms. The third-order valence-corrected chi connectivity index (χ3v) is 1.78. The lowest BCUT2D eigenvalue weighted by Crippen LogP contribution is -2.27. The summed E-state index contributed by atoms with van der Waals surface area (Å²) >= 11 is 0. The van der Waals surface area contributed by atoms with Crippen molar-refractivity contribution in [3.05, 3.63) is 18.1 Å². The largest absolute Gasteiger partial charge is 0.382 e. The van der Waals surface area contributed by atoms with E-state index in [1.807, 2.05) is 0 Å². The second-order valence-corrected chi connectivity index (χ2v) is 2.56. The number of aromatic nitrogens is 2. The molecule has 11 heavy (non-hydrogen) atoms. The van der Waals surface area contributed by atoms with Crippen molar-refractivity contribution >= 4 is 5.82 Å². The number of nitrogens with zero attached hydrogens (tertiary/aromatic N) is 2. The lowest BCUT2D eigenvalue weighted by molar-refractivity contribution is 0.00690. The summed E-state index contributed by atoms with van der Waals surface area (Å²) < 4.78 is 5.02. The molecular weight excluding hydrogens is 142 g/mol. The molecule has 0 saturated carbocycles. The first-order valence-electron chi connectivity index (χ1n) is 3.52. The fraction of sp³-hybridized carbons (Fsp3) is 0.429. The first-order valence-corrected chi connectivity index (χ1v) is 3.52. The van der Waals surface area contributed by atoms with Gasteiger partial charge in [0.25, 0.3) is 0 Å². The van der Waals surface area contributed by atoms with Crippen LogP contribution in [0.25, 0.3) is 0 Å². The summed E-state index contributed by atoms with van der Waals surface area (Å²) in [5.74, 6) is 0.893. The summed E-state index contributed by atoms with van der Waals surface area (Å²) in [6, 6.07) is 0. The first-order chi connectivity index (χ1) is 5.38. The fourth-order valence-corrected chi connectivity index (χ4v) is 1.07. The monoisotopic (exact) mass is 151 g/mol. The van der Waals surface area contributed by atoms with Gasteiger partial charge in [0.05, 0.1) is 24.8 Å². The Morgan fingerprint density at radius 3 is 2.64 bits per heavy atom. The van der Waals surface area contributed by atoms with Gasteiger partial charge in [-0.05, 0) is 0 Å². The van der Waals surface area contributed by atoms with Gasteiger partial charge in [0.1, 0.15) is 5.82 Å². The Balaban J connectivity index is 2.28. The average molecular weight is 151 g/mol. The van der Waals surface area contributed by atoms with Crippen LogP contribution in [0.15, 0.2) is 12.4 Å². The Morgan fingerprint density at radius 1 is 1.36 bits per heavy atom. The van der Waals surface area contributed by atoms with E-state index < -0.39 is 0 Å². The van der Waals surface area contributed by atoms with E-state index in [2.05, 4.69) is 9.97 Å². The predicted molar refractivity (Wildman–Crippen MR) is 40.0 cm³/mol. The zero-order valence-electron chi connectivity index (χ0n) is 6.03. The molecule has 2 heterocycles. The highest BCUT2D eigenvalue weighted by Gasteiger charge is 2.24. The SMILES string of the molecule is Nc1nccnc1C1COC1. The summed E-state index contributed by atoms with van der Waals surface area (Å²) in [4.78, 5) is 8.07. The molecule has 2 rings (SSSR count). The summed E-state index contributed by atoms with van der Waals surface area (Å²) in [5.41, 5.74) is 6.48. The van der Waals surface area contributed by atoms with Gasteiger partial charge in [0.15, 0.2) is 0 Å². The van der Waals surface area contributed by atoms with Crippen LogP contribution in [0.5, 0.6) is 0 Å². The third kappa shape index (κ3) is 1.05. The standard InChI is InChI=1S/C7H9N3O/c8-7-6(5-3-11-4-5)9-1-2-10-7/h1-2,5H,3-4H2,(H2,8,10). The number of ether oxygens (including phenoxy) is 1. The topological polar surface area (TPSA) is 61.0 Å². The number of hydrogen-bond acceptors (Lipinski definition) is 4. The van der Waals surface area contributed by atoms with Crippen LogP contribution in [0.4, 0.5) is 5.82 Å². The molecular formula is C7H9N3O. The van der Waals surface area contributed by atoms with Crippen molar-refractivity contribution < 1.29 is 4.74 Å². The van der Waals surface area contributed by atoms with Crippen LogP contribution < -0.4 is 5.73 Å². The maximum absolute atomic E-state index is 5.60. The predicted octanol–water partition coefficient (Wildman–Crippen LogP) is 0.173. The zero-order chi connectivity index (χ0) is 7.68. The summed E-state index contributed by atoms with van der Waals surface area (Å²) in [7, 11) is 0. The van der Waals surface area contributed by atoms with Crippen molar-refractivity contribution in [3.63, 3.8) is 0 Å². The molecule has 4 heteroatoms. The number of nitrogen functional groups attached to an aromatic ring is 1. The van der Waals surface area contributed by atoms with Crippen LogP contribution in [-0.2, 0) is 4.74 Å². The number of anilines is 1. The minimum Gasteiger partial charge on any atom is -0.382 e. The average Bonchev–Trinajstić information content (AvgIpc) is 1.90. The lowest BCUT2D eigenvalue weighted by Gasteiger charge is -2.25. The maximum atomic E-state index is 5.60. The molecule has 2 N–H and O–H groups in total. The van der Waals surface area contributed by atoms with Gasteiger partial charge in [-0.1, -0.05) is 0 Å². The molecule has 58 valence electrons. The Labute approximate surface area is 64.4 Å². The minimum absolute atomic E-state index is 0.365. The normalized spacial score (nSPS) is 17.8. The van der Waals surface area contributed by atoms with E-state index in [0.717, 1.165) is 18.9 Å². The van der Waals surface area contributed by atoms with Crippen LogP contribution >= 0.6 is 0 Å². The van der Waals surface area contributed by atoms with Gasteiger partial charge in [-0.15, -0.1) is 0 Å². The molecule has 0 unspecified atom stereocenters. The van der Waals surface area contributed by atoms with Crippen LogP contribution in [-0.4, -0.2) is 23.2 Å². The van der Waals surface area contributed by atoms with Gasteiger partial charge in [-0.25, -0.2) is 4.98 Å². The lowest BCUT2D eigenvalue weighted by atomic mass is 10.0. The summed E-state index contributed by atoms with van der Waals surface area (Å²) in [5, 5.41) is 0. The van der Waals surface area contributed by atoms with Crippen molar-refractivity contribution in [2.24, 2.45) is 0 Å². The van der Waals surface area contributed by atoms with Crippen molar-refractivity contribution in [3.8, 4) is 0 Å². The molecule has 1 aromatic rings. The maximum Gasteiger partial charge on any atom is 0.145 e. The van der Waals surface area contributed by atoms with Gasteiger partial charge in [0.2, 0.25) is 0 Å². The fourth-order valence-electron chi connectivity index (χ4n) is 1.07. The molecule has 0 radical (unpaired) electrons. The summed E-state index contributed by atoms with van der Waals surface area (Å²) in [6.45, 7) is 1.45. The number of nitrogens with two attached hydrogens (primary N) is 1. The quantitative estimate of drug-likeness (QED) is 0.621. The summed E-state index contributed by atoms with van der Waals surface area (Å²) in [6.07, 6.45) is 3.25. The zero-order valence-corrected chi connectivity index (χ0v) is 6.03. The first kappa shape index (κ1) is 6.54. The molecule has 1 aromatic heterocycles. The van der Waals surface area contributed by atoms with Crippen molar-refractivity contribution in [2.45, 2.75) is 5.92 Å². The Kier molecular flexibility index (Phi) is 1.47. The molecule has 1 fully saturated rings. The van der Waals surface area contributed by atoms with E-state index in [0.29, 0.717) is 11.7 Å². The minimum atomic E-state index is 0.365. The van der Waals surface area contributed by atoms with E-state index in [1.165, 1.54) is 0 Å². The Bertz CT molecular complexity index is 260. The van der Waals surface area contributed by atoms with Crippen molar-refractivity contribution in [2.75, 3.05) is 18.9 Å². The van der Waals surface area contributed by atoms with Crippen LogP contribution in [0.3, 0.4) is 0 Å². The molecule has 1 saturated heterocycles. The Hall–Kier alpha value is -1.16. The number of rotatable bonds is 1. The van der Waals surface area contributed by atoms with Gasteiger partial charge >= 0.3 is 0 Å². The van der Waals surface area contributed by atoms with Gasteiger partial charge in [0, 0.05) is 12.4 Å². The molecule has 0 aromatic carbocycles. The smallest absolute Gasteiger partial charge is 0.145 e. The Morgan fingerprint density at radius 2 is 2.09 bits per heavy atom. The molecule has 0 aliphatic carbocycles. The van der Waals surface area contributed by atoms with Crippen molar-refractivity contribution in [1.29, 1.82) is 0 Å². The van der Waals surface area contributed by atoms with E-state index in [1.54, 1.807) is 12.4 Å². The van der Waals surface area contributed by atoms with Crippen molar-refractivity contribution in [1.82, 2.24) is 9.97 Å². The van der Waals surface area contributed by atoms with E-state index in [4.69, 9.17) is 10.5 Å². The number of hydrogen-bond donors (Lipinski definition) is 1. The molecule has 0 amide bonds. The van der Waals surface area contributed by atoms with Crippen LogP contribution in [0.2, 0.25) is 0 Å². The highest BCUT2D eigenvalue weighted by Crippen LogP contribution is 2.24. The second kappa shape index (κ2) is 2.47. The molecule has 0 atom stereocenters. The van der Waals surface area contributed by atoms with Crippen LogP contribution in [0.1, 0.15) is 11.6 Å². The molecule has 1 aliphatic heterocycles. The van der Waals surface area contributed by atoms with E-state index in [9.17, 15) is 0 Å².